The quantitative estimate of drug-likeness (QED) is 0.899. The van der Waals surface area contributed by atoms with Crippen LogP contribution in [0, 0.1) is 11.6 Å². The van der Waals surface area contributed by atoms with Gasteiger partial charge in [0.1, 0.15) is 17.2 Å². The number of carbonyl (C=O) groups is 1. The molecule has 0 atom stereocenters. The average molecular weight is 259 g/mol. The van der Waals surface area contributed by atoms with Crippen molar-refractivity contribution >= 4 is 12.0 Å². The van der Waals surface area contributed by atoms with Gasteiger partial charge in [-0.1, -0.05) is 36.4 Å². The van der Waals surface area contributed by atoms with Crippen molar-refractivity contribution in [3.63, 3.8) is 0 Å². The molecule has 2 aromatic carbocycles. The number of carbonyl (C=O) groups excluding carboxylic acids is 1. The summed E-state index contributed by atoms with van der Waals surface area (Å²) in [5.41, 5.74) is 0.289. The molecule has 1 amide bonds. The van der Waals surface area contributed by atoms with Gasteiger partial charge in [-0.2, -0.15) is 0 Å². The van der Waals surface area contributed by atoms with E-state index in [4.69, 9.17) is 0 Å². The minimum Gasteiger partial charge on any atom is -0.328 e. The lowest BCUT2D eigenvalue weighted by molar-refractivity contribution is 0.0962. The molecule has 0 fully saturated rings. The SMILES string of the molecule is O=C(N/C=C/c1ccccc1)c1c(F)cccc1F. The molecule has 0 aromatic heterocycles. The molecule has 4 heteroatoms. The number of nitrogens with one attached hydrogen (secondary N) is 1. The van der Waals surface area contributed by atoms with Crippen LogP contribution >= 0.6 is 0 Å². The maximum absolute atomic E-state index is 13.3. The van der Waals surface area contributed by atoms with Gasteiger partial charge in [-0.3, -0.25) is 4.79 Å². The number of benzene rings is 2. The van der Waals surface area contributed by atoms with E-state index < -0.39 is 23.1 Å². The topological polar surface area (TPSA) is 29.1 Å². The molecular weight excluding hydrogens is 248 g/mol. The molecule has 0 saturated heterocycles. The summed E-state index contributed by atoms with van der Waals surface area (Å²) in [5, 5.41) is 2.33. The number of amides is 1. The van der Waals surface area contributed by atoms with Gasteiger partial charge < -0.3 is 5.32 Å². The van der Waals surface area contributed by atoms with Gasteiger partial charge in [0.15, 0.2) is 0 Å². The lowest BCUT2D eigenvalue weighted by Gasteiger charge is -2.03. The summed E-state index contributed by atoms with van der Waals surface area (Å²) >= 11 is 0. The molecule has 1 N–H and O–H groups in total. The van der Waals surface area contributed by atoms with Crippen molar-refractivity contribution < 1.29 is 13.6 Å². The Kier molecular flexibility index (Phi) is 4.03. The summed E-state index contributed by atoms with van der Waals surface area (Å²) in [6, 6.07) is 12.5. The zero-order chi connectivity index (χ0) is 13.7. The van der Waals surface area contributed by atoms with E-state index in [2.05, 4.69) is 5.32 Å². The Balaban J connectivity index is 2.08. The van der Waals surface area contributed by atoms with Crippen LogP contribution in [0.3, 0.4) is 0 Å². The molecular formula is C15H11F2NO. The lowest BCUT2D eigenvalue weighted by Crippen LogP contribution is -2.20. The van der Waals surface area contributed by atoms with Crippen LogP contribution in [-0.2, 0) is 0 Å². The van der Waals surface area contributed by atoms with Crippen molar-refractivity contribution in [2.24, 2.45) is 0 Å². The highest BCUT2D eigenvalue weighted by Gasteiger charge is 2.15. The Labute approximate surface area is 109 Å². The second-order valence-electron chi connectivity index (χ2n) is 3.81. The van der Waals surface area contributed by atoms with E-state index in [-0.39, 0.29) is 0 Å². The van der Waals surface area contributed by atoms with Crippen molar-refractivity contribution in [3.8, 4) is 0 Å². The molecule has 96 valence electrons. The highest BCUT2D eigenvalue weighted by atomic mass is 19.1. The Morgan fingerprint density at radius 1 is 0.947 bits per heavy atom. The zero-order valence-corrected chi connectivity index (χ0v) is 9.94. The number of hydrogen-bond donors (Lipinski definition) is 1. The fourth-order valence-electron chi connectivity index (χ4n) is 1.56. The van der Waals surface area contributed by atoms with Crippen LogP contribution < -0.4 is 5.32 Å². The predicted molar refractivity (Wildman–Crippen MR) is 69.3 cm³/mol. The van der Waals surface area contributed by atoms with Crippen LogP contribution in [0.15, 0.2) is 54.7 Å². The van der Waals surface area contributed by atoms with Crippen molar-refractivity contribution in [3.05, 3.63) is 77.5 Å². The molecule has 0 aliphatic rings. The molecule has 19 heavy (non-hydrogen) atoms. The first-order valence-electron chi connectivity index (χ1n) is 5.65. The molecule has 2 nitrogen and oxygen atoms in total. The maximum Gasteiger partial charge on any atom is 0.261 e. The average Bonchev–Trinajstić information content (AvgIpc) is 2.40. The first-order chi connectivity index (χ1) is 9.18. The van der Waals surface area contributed by atoms with Crippen LogP contribution in [0.5, 0.6) is 0 Å². The van der Waals surface area contributed by atoms with Crippen LogP contribution in [0.1, 0.15) is 15.9 Å². The molecule has 0 aliphatic carbocycles. The molecule has 0 radical (unpaired) electrons. The van der Waals surface area contributed by atoms with Gasteiger partial charge in [-0.05, 0) is 23.8 Å². The smallest absolute Gasteiger partial charge is 0.261 e. The highest BCUT2D eigenvalue weighted by Crippen LogP contribution is 2.11. The summed E-state index contributed by atoms with van der Waals surface area (Å²) in [5.74, 6) is -2.58. The Morgan fingerprint density at radius 3 is 2.21 bits per heavy atom. The number of rotatable bonds is 3. The molecule has 0 heterocycles. The fraction of sp³-hybridized carbons (Fsp3) is 0. The molecule has 0 aliphatic heterocycles. The molecule has 2 aromatic rings. The van der Waals surface area contributed by atoms with Crippen molar-refractivity contribution in [1.82, 2.24) is 5.32 Å². The van der Waals surface area contributed by atoms with Gasteiger partial charge in [-0.15, -0.1) is 0 Å². The lowest BCUT2D eigenvalue weighted by atomic mass is 10.2. The van der Waals surface area contributed by atoms with E-state index in [0.717, 1.165) is 17.7 Å². The maximum atomic E-state index is 13.3. The zero-order valence-electron chi connectivity index (χ0n) is 9.94. The third kappa shape index (κ3) is 3.25. The molecule has 0 bridgehead atoms. The second kappa shape index (κ2) is 5.91. The first-order valence-corrected chi connectivity index (χ1v) is 5.65. The highest BCUT2D eigenvalue weighted by molar-refractivity contribution is 5.95. The van der Waals surface area contributed by atoms with Gasteiger partial charge >= 0.3 is 0 Å². The summed E-state index contributed by atoms with van der Waals surface area (Å²) in [4.78, 5) is 11.6. The summed E-state index contributed by atoms with van der Waals surface area (Å²) in [6.07, 6.45) is 2.99. The van der Waals surface area contributed by atoms with Crippen LogP contribution in [0.2, 0.25) is 0 Å². The van der Waals surface area contributed by atoms with Crippen molar-refractivity contribution in [1.29, 1.82) is 0 Å². The Morgan fingerprint density at radius 2 is 1.58 bits per heavy atom. The minimum atomic E-state index is -0.884. The van der Waals surface area contributed by atoms with Crippen LogP contribution in [-0.4, -0.2) is 5.91 Å². The Bertz CT molecular complexity index is 589. The second-order valence-corrected chi connectivity index (χ2v) is 3.81. The molecule has 2 rings (SSSR count). The van der Waals surface area contributed by atoms with Crippen LogP contribution in [0.25, 0.3) is 6.08 Å². The molecule has 0 unspecified atom stereocenters. The van der Waals surface area contributed by atoms with Gasteiger partial charge in [0.2, 0.25) is 0 Å². The van der Waals surface area contributed by atoms with Gasteiger partial charge in [0, 0.05) is 6.20 Å². The van der Waals surface area contributed by atoms with Gasteiger partial charge in [-0.25, -0.2) is 8.78 Å². The first kappa shape index (κ1) is 13.0. The molecule has 0 saturated carbocycles. The summed E-state index contributed by atoms with van der Waals surface area (Å²) in [6.45, 7) is 0. The van der Waals surface area contributed by atoms with E-state index >= 15 is 0 Å². The summed E-state index contributed by atoms with van der Waals surface area (Å²) in [7, 11) is 0. The number of hydrogen-bond acceptors (Lipinski definition) is 1. The largest absolute Gasteiger partial charge is 0.328 e. The third-order valence-electron chi connectivity index (χ3n) is 2.48. The normalized spacial score (nSPS) is 10.6. The third-order valence-corrected chi connectivity index (χ3v) is 2.48. The van der Waals surface area contributed by atoms with E-state index in [1.807, 2.05) is 30.3 Å². The fourth-order valence-corrected chi connectivity index (χ4v) is 1.56. The Hall–Kier alpha value is -2.49. The standard InChI is InChI=1S/C15H11F2NO/c16-12-7-4-8-13(17)14(12)15(19)18-10-9-11-5-2-1-3-6-11/h1-10H,(H,18,19)/b10-9+. The monoisotopic (exact) mass is 259 g/mol. The summed E-state index contributed by atoms with van der Waals surface area (Å²) < 4.78 is 26.7. The number of halogens is 2. The van der Waals surface area contributed by atoms with E-state index in [0.29, 0.717) is 0 Å². The van der Waals surface area contributed by atoms with E-state index in [9.17, 15) is 13.6 Å². The van der Waals surface area contributed by atoms with Crippen LogP contribution in [0.4, 0.5) is 8.78 Å². The van der Waals surface area contributed by atoms with E-state index in [1.165, 1.54) is 12.3 Å². The van der Waals surface area contributed by atoms with E-state index in [1.54, 1.807) is 6.08 Å². The minimum absolute atomic E-state index is 0.583. The van der Waals surface area contributed by atoms with Crippen molar-refractivity contribution in [2.45, 2.75) is 0 Å². The van der Waals surface area contributed by atoms with Gasteiger partial charge in [0.05, 0.1) is 0 Å². The molecule has 0 spiro atoms. The van der Waals surface area contributed by atoms with Gasteiger partial charge in [0.25, 0.3) is 5.91 Å². The predicted octanol–water partition coefficient (Wildman–Crippen LogP) is 3.37. The van der Waals surface area contributed by atoms with Crippen molar-refractivity contribution in [2.75, 3.05) is 0 Å².